The second kappa shape index (κ2) is 11.1. The molecule has 1 fully saturated rings. The molecular formula is C15H23NO5. The molecule has 0 aromatic carbocycles. The minimum absolute atomic E-state index is 0.0995. The van der Waals surface area contributed by atoms with Crippen molar-refractivity contribution in [3.05, 3.63) is 0 Å². The molecule has 1 heterocycles. The first-order valence-corrected chi connectivity index (χ1v) is 7.34. The van der Waals surface area contributed by atoms with E-state index in [1.807, 2.05) is 0 Å². The third-order valence-electron chi connectivity index (χ3n) is 3.00. The van der Waals surface area contributed by atoms with Crippen LogP contribution in [0.1, 0.15) is 44.9 Å². The molecule has 6 nitrogen and oxygen atoms in total. The van der Waals surface area contributed by atoms with Gasteiger partial charge in [-0.1, -0.05) is 12.3 Å². The third kappa shape index (κ3) is 9.88. The zero-order valence-electron chi connectivity index (χ0n) is 12.2. The van der Waals surface area contributed by atoms with Crippen molar-refractivity contribution >= 4 is 11.9 Å². The van der Waals surface area contributed by atoms with Crippen LogP contribution in [-0.4, -0.2) is 43.0 Å². The Kier molecular flexibility index (Phi) is 9.25. The topological polar surface area (TPSA) is 84.9 Å². The number of hydrogen-bond acceptors (Lipinski definition) is 4. The second-order valence-electron chi connectivity index (χ2n) is 4.87. The van der Waals surface area contributed by atoms with Gasteiger partial charge in [0.2, 0.25) is 5.91 Å². The van der Waals surface area contributed by atoms with Gasteiger partial charge in [0.05, 0.1) is 0 Å². The summed E-state index contributed by atoms with van der Waals surface area (Å²) in [7, 11) is 0. The van der Waals surface area contributed by atoms with Gasteiger partial charge in [-0.25, -0.2) is 4.79 Å². The van der Waals surface area contributed by atoms with Gasteiger partial charge in [-0.3, -0.25) is 4.79 Å². The lowest BCUT2D eigenvalue weighted by Crippen LogP contribution is -2.22. The van der Waals surface area contributed by atoms with Gasteiger partial charge in [-0.2, -0.15) is 0 Å². The first-order chi connectivity index (χ1) is 10.2. The Morgan fingerprint density at radius 2 is 2.24 bits per heavy atom. The van der Waals surface area contributed by atoms with Crippen molar-refractivity contribution in [2.45, 2.75) is 51.0 Å². The highest BCUT2D eigenvalue weighted by molar-refractivity contribution is 5.75. The average molecular weight is 297 g/mol. The van der Waals surface area contributed by atoms with Gasteiger partial charge in [-0.05, 0) is 25.7 Å². The molecule has 1 amide bonds. The molecule has 2 N–H and O–H groups in total. The van der Waals surface area contributed by atoms with Crippen molar-refractivity contribution in [3.8, 4) is 11.8 Å². The molecule has 21 heavy (non-hydrogen) atoms. The van der Waals surface area contributed by atoms with Crippen LogP contribution in [0.2, 0.25) is 0 Å². The second-order valence-corrected chi connectivity index (χ2v) is 4.87. The Balaban J connectivity index is 0.000000235. The molecule has 2 aliphatic rings. The van der Waals surface area contributed by atoms with Crippen molar-refractivity contribution in [3.63, 3.8) is 0 Å². The number of ether oxygens (including phenoxy) is 2. The molecule has 0 saturated carbocycles. The van der Waals surface area contributed by atoms with E-state index in [2.05, 4.69) is 17.2 Å². The number of carboxylic acid groups (broad SMARTS) is 1. The summed E-state index contributed by atoms with van der Waals surface area (Å²) >= 11 is 0. The van der Waals surface area contributed by atoms with Crippen LogP contribution < -0.4 is 5.32 Å². The Morgan fingerprint density at radius 1 is 1.38 bits per heavy atom. The standard InChI is InChI=1S/C10H14O3.C5H9NO2/c11-10(12)8-13-9-6-4-2-1-3-5-7-9;7-5-2-1-3-8-4-6-5/h9H,1-4,6,8H2,(H,11,12);1-4H2,(H,6,7). The first-order valence-electron chi connectivity index (χ1n) is 7.34. The highest BCUT2D eigenvalue weighted by Gasteiger charge is 2.08. The Morgan fingerprint density at radius 3 is 3.05 bits per heavy atom. The van der Waals surface area contributed by atoms with E-state index in [1.54, 1.807) is 0 Å². The Hall–Kier alpha value is -1.58. The van der Waals surface area contributed by atoms with E-state index in [0.29, 0.717) is 19.8 Å². The fourth-order valence-electron chi connectivity index (χ4n) is 1.90. The van der Waals surface area contributed by atoms with E-state index < -0.39 is 5.97 Å². The summed E-state index contributed by atoms with van der Waals surface area (Å²) in [5.74, 6) is 5.11. The number of carboxylic acids is 1. The van der Waals surface area contributed by atoms with E-state index in [4.69, 9.17) is 14.6 Å². The lowest BCUT2D eigenvalue weighted by Gasteiger charge is -2.11. The predicted molar refractivity (Wildman–Crippen MR) is 76.4 cm³/mol. The molecule has 1 aliphatic carbocycles. The van der Waals surface area contributed by atoms with Crippen molar-refractivity contribution in [2.75, 3.05) is 19.9 Å². The summed E-state index contributed by atoms with van der Waals surface area (Å²) in [5.41, 5.74) is 0. The fourth-order valence-corrected chi connectivity index (χ4v) is 1.90. The van der Waals surface area contributed by atoms with Crippen LogP contribution in [0.4, 0.5) is 0 Å². The van der Waals surface area contributed by atoms with Gasteiger partial charge < -0.3 is 19.9 Å². The van der Waals surface area contributed by atoms with Crippen molar-refractivity contribution in [2.24, 2.45) is 0 Å². The highest BCUT2D eigenvalue weighted by atomic mass is 16.5. The van der Waals surface area contributed by atoms with Gasteiger partial charge in [0.15, 0.2) is 0 Å². The summed E-state index contributed by atoms with van der Waals surface area (Å²) in [6, 6.07) is 0. The zero-order chi connectivity index (χ0) is 15.3. The third-order valence-corrected chi connectivity index (χ3v) is 3.00. The van der Waals surface area contributed by atoms with Gasteiger partial charge in [0.25, 0.3) is 0 Å². The minimum Gasteiger partial charge on any atom is -0.480 e. The average Bonchev–Trinajstić information content (AvgIpc) is 2.66. The molecule has 118 valence electrons. The number of amides is 1. The number of nitrogens with one attached hydrogen (secondary N) is 1. The van der Waals surface area contributed by atoms with Crippen LogP contribution in [0.25, 0.3) is 0 Å². The lowest BCUT2D eigenvalue weighted by molar-refractivity contribution is -0.143. The molecule has 0 aromatic rings. The molecule has 0 spiro atoms. The molecule has 1 unspecified atom stereocenters. The smallest absolute Gasteiger partial charge is 0.329 e. The minimum atomic E-state index is -0.927. The normalized spacial score (nSPS) is 22.1. The largest absolute Gasteiger partial charge is 0.480 e. The number of rotatable bonds is 3. The number of aliphatic carboxylic acids is 1. The molecule has 1 aliphatic heterocycles. The van der Waals surface area contributed by atoms with Crippen molar-refractivity contribution in [1.82, 2.24) is 5.32 Å². The van der Waals surface area contributed by atoms with Crippen LogP contribution in [0.15, 0.2) is 0 Å². The number of carbonyl (C=O) groups is 2. The maximum atomic E-state index is 10.5. The van der Waals surface area contributed by atoms with Gasteiger partial charge in [-0.15, -0.1) is 5.92 Å². The maximum Gasteiger partial charge on any atom is 0.329 e. The van der Waals surface area contributed by atoms with Crippen LogP contribution in [0.3, 0.4) is 0 Å². The van der Waals surface area contributed by atoms with Crippen LogP contribution in [0, 0.1) is 11.8 Å². The summed E-state index contributed by atoms with van der Waals surface area (Å²) in [6.07, 6.45) is 6.47. The summed E-state index contributed by atoms with van der Waals surface area (Å²) in [5, 5.41) is 11.0. The van der Waals surface area contributed by atoms with Crippen molar-refractivity contribution in [1.29, 1.82) is 0 Å². The van der Waals surface area contributed by atoms with Gasteiger partial charge in [0, 0.05) is 19.4 Å². The van der Waals surface area contributed by atoms with E-state index in [1.165, 1.54) is 6.42 Å². The SMILES string of the molecule is O=C(O)COC1C#CCCCCC1.O=C1CCCOCN1. The fraction of sp³-hybridized carbons (Fsp3) is 0.733. The highest BCUT2D eigenvalue weighted by Crippen LogP contribution is 2.10. The molecule has 0 radical (unpaired) electrons. The maximum absolute atomic E-state index is 10.5. The van der Waals surface area contributed by atoms with E-state index in [0.717, 1.165) is 32.1 Å². The molecule has 6 heteroatoms. The number of hydrogen-bond donors (Lipinski definition) is 2. The van der Waals surface area contributed by atoms with Gasteiger partial charge >= 0.3 is 5.97 Å². The molecule has 0 aromatic heterocycles. The van der Waals surface area contributed by atoms with Crippen molar-refractivity contribution < 1.29 is 24.2 Å². The van der Waals surface area contributed by atoms with Crippen LogP contribution >= 0.6 is 0 Å². The monoisotopic (exact) mass is 297 g/mol. The van der Waals surface area contributed by atoms with Crippen LogP contribution in [-0.2, 0) is 19.1 Å². The molecule has 0 bridgehead atoms. The van der Waals surface area contributed by atoms with Gasteiger partial charge in [0.1, 0.15) is 19.4 Å². The molecule has 1 atom stereocenters. The van der Waals surface area contributed by atoms with E-state index in [-0.39, 0.29) is 18.6 Å². The Labute approximate surface area is 125 Å². The Bertz CT molecular complexity index is 375. The lowest BCUT2D eigenvalue weighted by atomic mass is 10.1. The summed E-state index contributed by atoms with van der Waals surface area (Å²) < 4.78 is 10.0. The van der Waals surface area contributed by atoms with E-state index in [9.17, 15) is 9.59 Å². The first kappa shape index (κ1) is 17.5. The predicted octanol–water partition coefficient (Wildman–Crippen LogP) is 1.29. The quantitative estimate of drug-likeness (QED) is 0.767. The molecular weight excluding hydrogens is 274 g/mol. The number of carbonyl (C=O) groups excluding carboxylic acids is 1. The zero-order valence-corrected chi connectivity index (χ0v) is 12.2. The van der Waals surface area contributed by atoms with Crippen LogP contribution in [0.5, 0.6) is 0 Å². The summed E-state index contributed by atoms with van der Waals surface area (Å²) in [6.45, 7) is 0.858. The van der Waals surface area contributed by atoms with E-state index >= 15 is 0 Å². The molecule has 2 rings (SSSR count). The summed E-state index contributed by atoms with van der Waals surface area (Å²) in [4.78, 5) is 20.7. The molecule has 1 saturated heterocycles.